The van der Waals surface area contributed by atoms with E-state index in [9.17, 15) is 23.3 Å². The molecule has 3 rings (SSSR count). The lowest BCUT2D eigenvalue weighted by Gasteiger charge is -2.22. The van der Waals surface area contributed by atoms with E-state index in [0.717, 1.165) is 24.6 Å². The van der Waals surface area contributed by atoms with Crippen LogP contribution in [0.2, 0.25) is 0 Å². The summed E-state index contributed by atoms with van der Waals surface area (Å²) in [5.41, 5.74) is 0.782. The van der Waals surface area contributed by atoms with E-state index in [2.05, 4.69) is 15.1 Å². The Morgan fingerprint density at radius 2 is 1.97 bits per heavy atom. The molecule has 11 heteroatoms. The van der Waals surface area contributed by atoms with Crippen molar-refractivity contribution < 1.29 is 18.1 Å². The van der Waals surface area contributed by atoms with Crippen molar-refractivity contribution in [1.29, 1.82) is 0 Å². The highest BCUT2D eigenvalue weighted by atomic mass is 32.2. The Morgan fingerprint density at radius 3 is 2.57 bits per heavy atom. The van der Waals surface area contributed by atoms with Gasteiger partial charge in [-0.2, -0.15) is 5.10 Å². The maximum Gasteiger partial charge on any atom is 0.271 e. The quantitative estimate of drug-likeness (QED) is 0.370. The number of carbonyl (C=O) groups excluding carboxylic acids is 1. The Morgan fingerprint density at radius 1 is 1.27 bits per heavy atom. The summed E-state index contributed by atoms with van der Waals surface area (Å²) in [6.07, 6.45) is 2.17. The third-order valence-electron chi connectivity index (χ3n) is 4.64. The largest absolute Gasteiger partial charge is 0.349 e. The smallest absolute Gasteiger partial charge is 0.271 e. The first-order chi connectivity index (χ1) is 14.0. The fraction of sp³-hybridized carbons (Fsp3) is 0.474. The summed E-state index contributed by atoms with van der Waals surface area (Å²) >= 11 is 0. The molecule has 1 aromatic carbocycles. The molecule has 1 amide bonds. The Labute approximate surface area is 174 Å². The first-order valence-electron chi connectivity index (χ1n) is 9.62. The predicted octanol–water partition coefficient (Wildman–Crippen LogP) is 2.13. The zero-order valence-electron chi connectivity index (χ0n) is 17.1. The molecule has 0 aliphatic heterocycles. The van der Waals surface area contributed by atoms with Crippen LogP contribution in [0.4, 0.5) is 5.69 Å². The van der Waals surface area contributed by atoms with Gasteiger partial charge in [-0.25, -0.2) is 13.1 Å². The van der Waals surface area contributed by atoms with Crippen LogP contribution in [0.5, 0.6) is 0 Å². The highest BCUT2D eigenvalue weighted by molar-refractivity contribution is 7.89. The van der Waals surface area contributed by atoms with Crippen molar-refractivity contribution in [3.63, 3.8) is 0 Å². The van der Waals surface area contributed by atoms with Gasteiger partial charge < -0.3 is 5.32 Å². The normalized spacial score (nSPS) is 14.5. The third-order valence-corrected chi connectivity index (χ3v) is 6.10. The van der Waals surface area contributed by atoms with Crippen LogP contribution in [0.15, 0.2) is 35.2 Å². The minimum absolute atomic E-state index is 0.0497. The Kier molecular flexibility index (Phi) is 5.95. The fourth-order valence-corrected chi connectivity index (χ4v) is 4.08. The number of carbonyl (C=O) groups is 1. The molecule has 1 aliphatic rings. The van der Waals surface area contributed by atoms with Crippen LogP contribution < -0.4 is 10.0 Å². The van der Waals surface area contributed by atoms with Crippen LogP contribution in [-0.4, -0.2) is 42.1 Å². The Balaban J connectivity index is 1.58. The number of hydrogen-bond acceptors (Lipinski definition) is 6. The number of rotatable bonds is 8. The van der Waals surface area contributed by atoms with E-state index in [4.69, 9.17) is 0 Å². The van der Waals surface area contributed by atoms with E-state index in [0.29, 0.717) is 11.6 Å². The molecule has 2 N–H and O–H groups in total. The van der Waals surface area contributed by atoms with Gasteiger partial charge >= 0.3 is 0 Å². The van der Waals surface area contributed by atoms with Crippen LogP contribution in [0.25, 0.3) is 0 Å². The molecule has 1 aliphatic carbocycles. The van der Waals surface area contributed by atoms with Gasteiger partial charge in [0.1, 0.15) is 5.69 Å². The van der Waals surface area contributed by atoms with Gasteiger partial charge in [0.2, 0.25) is 10.0 Å². The van der Waals surface area contributed by atoms with Crippen LogP contribution in [0.3, 0.4) is 0 Å². The van der Waals surface area contributed by atoms with E-state index >= 15 is 0 Å². The molecule has 0 radical (unpaired) electrons. The minimum Gasteiger partial charge on any atom is -0.349 e. The molecule has 30 heavy (non-hydrogen) atoms. The highest BCUT2D eigenvalue weighted by Gasteiger charge is 2.32. The lowest BCUT2D eigenvalue weighted by atomic mass is 10.1. The van der Waals surface area contributed by atoms with Crippen molar-refractivity contribution >= 4 is 21.6 Å². The zero-order chi connectivity index (χ0) is 22.1. The molecule has 162 valence electrons. The van der Waals surface area contributed by atoms with E-state index in [1.54, 1.807) is 6.07 Å². The van der Waals surface area contributed by atoms with E-state index < -0.39 is 14.9 Å². The topological polar surface area (TPSA) is 136 Å². The fourth-order valence-electron chi connectivity index (χ4n) is 3.01. The van der Waals surface area contributed by atoms with Crippen LogP contribution in [0.1, 0.15) is 55.7 Å². The van der Waals surface area contributed by atoms with E-state index in [-0.39, 0.29) is 35.1 Å². The number of aromatic nitrogens is 2. The SMILES string of the molecule is CC(C)(C)n1nc(C(=O)NCCNS(=O)(=O)c2cccc([N+](=O)[O-])c2)cc1C1CC1. The lowest BCUT2D eigenvalue weighted by molar-refractivity contribution is -0.385. The Hall–Kier alpha value is -2.79. The molecular weight excluding hydrogens is 410 g/mol. The summed E-state index contributed by atoms with van der Waals surface area (Å²) in [5.74, 6) is 0.0504. The first kappa shape index (κ1) is 21.9. The number of nitro benzene ring substituents is 1. The molecule has 1 heterocycles. The van der Waals surface area contributed by atoms with Crippen LogP contribution in [-0.2, 0) is 15.6 Å². The number of non-ortho nitro benzene ring substituents is 1. The van der Waals surface area contributed by atoms with Crippen molar-refractivity contribution in [3.05, 3.63) is 51.8 Å². The zero-order valence-corrected chi connectivity index (χ0v) is 17.9. The number of nitrogens with zero attached hydrogens (tertiary/aromatic N) is 3. The maximum absolute atomic E-state index is 12.5. The Bertz CT molecular complexity index is 1070. The highest BCUT2D eigenvalue weighted by Crippen LogP contribution is 2.41. The van der Waals surface area contributed by atoms with Gasteiger partial charge in [-0.05, 0) is 45.7 Å². The number of amides is 1. The van der Waals surface area contributed by atoms with Gasteiger partial charge in [-0.1, -0.05) is 6.07 Å². The summed E-state index contributed by atoms with van der Waals surface area (Å²) in [7, 11) is -3.93. The number of nitro groups is 1. The van der Waals surface area contributed by atoms with Gasteiger partial charge in [-0.3, -0.25) is 19.6 Å². The number of sulfonamides is 1. The second-order valence-electron chi connectivity index (χ2n) is 8.22. The molecule has 2 aromatic rings. The summed E-state index contributed by atoms with van der Waals surface area (Å²) in [5, 5.41) is 17.9. The van der Waals surface area contributed by atoms with Gasteiger partial charge in [0, 0.05) is 36.8 Å². The minimum atomic E-state index is -3.93. The van der Waals surface area contributed by atoms with Gasteiger partial charge in [0.05, 0.1) is 15.4 Å². The molecule has 0 saturated heterocycles. The summed E-state index contributed by atoms with van der Waals surface area (Å²) in [6, 6.07) is 6.57. The molecular formula is C19H25N5O5S. The van der Waals surface area contributed by atoms with E-state index in [1.165, 1.54) is 18.2 Å². The molecule has 1 aromatic heterocycles. The third kappa shape index (κ3) is 5.03. The van der Waals surface area contributed by atoms with Crippen molar-refractivity contribution in [2.45, 2.75) is 50.0 Å². The first-order valence-corrected chi connectivity index (χ1v) is 11.1. The standard InChI is InChI=1S/C19H25N5O5S/c1-19(2,3)23-17(13-7-8-13)12-16(22-23)18(25)20-9-10-21-30(28,29)15-6-4-5-14(11-15)24(26)27/h4-6,11-13,21H,7-10H2,1-3H3,(H,20,25). The molecule has 0 spiro atoms. The van der Waals surface area contributed by atoms with Crippen molar-refractivity contribution in [2.24, 2.45) is 0 Å². The molecule has 1 saturated carbocycles. The van der Waals surface area contributed by atoms with E-state index in [1.807, 2.05) is 25.5 Å². The maximum atomic E-state index is 12.5. The second kappa shape index (κ2) is 8.15. The molecule has 0 bridgehead atoms. The molecule has 1 fully saturated rings. The van der Waals surface area contributed by atoms with Gasteiger partial charge in [0.25, 0.3) is 11.6 Å². The summed E-state index contributed by atoms with van der Waals surface area (Å²) in [4.78, 5) is 22.4. The number of hydrogen-bond donors (Lipinski definition) is 2. The van der Waals surface area contributed by atoms with Crippen LogP contribution >= 0.6 is 0 Å². The molecule has 0 atom stereocenters. The molecule has 0 unspecified atom stereocenters. The van der Waals surface area contributed by atoms with Crippen LogP contribution in [0, 0.1) is 10.1 Å². The summed E-state index contributed by atoms with van der Waals surface area (Å²) in [6.45, 7) is 6.06. The average molecular weight is 436 g/mol. The number of benzene rings is 1. The average Bonchev–Trinajstić information content (AvgIpc) is 3.41. The van der Waals surface area contributed by atoms with Crippen molar-refractivity contribution in [2.75, 3.05) is 13.1 Å². The number of nitrogens with one attached hydrogen (secondary N) is 2. The monoisotopic (exact) mass is 435 g/mol. The van der Waals surface area contributed by atoms with Gasteiger partial charge in [-0.15, -0.1) is 0 Å². The van der Waals surface area contributed by atoms with Crippen molar-refractivity contribution in [3.8, 4) is 0 Å². The molecule has 10 nitrogen and oxygen atoms in total. The lowest BCUT2D eigenvalue weighted by Crippen LogP contribution is -2.35. The predicted molar refractivity (Wildman–Crippen MR) is 110 cm³/mol. The summed E-state index contributed by atoms with van der Waals surface area (Å²) < 4.78 is 28.8. The van der Waals surface area contributed by atoms with Gasteiger partial charge in [0.15, 0.2) is 0 Å². The van der Waals surface area contributed by atoms with Crippen molar-refractivity contribution in [1.82, 2.24) is 19.8 Å². The second-order valence-corrected chi connectivity index (χ2v) is 9.99.